The number of hydrogen-bond acceptors (Lipinski definition) is 5. The van der Waals surface area contributed by atoms with Gasteiger partial charge in [-0.25, -0.2) is 4.99 Å². The molecule has 1 heterocycles. The molecule has 1 aliphatic heterocycles. The number of nitrogens with one attached hydrogen (secondary N) is 1. The van der Waals surface area contributed by atoms with Gasteiger partial charge >= 0.3 is 0 Å². The zero-order valence-corrected chi connectivity index (χ0v) is 20.4. The number of amides is 1. The van der Waals surface area contributed by atoms with E-state index in [0.717, 1.165) is 9.13 Å². The molecule has 1 amide bonds. The first kappa shape index (κ1) is 23.0. The summed E-state index contributed by atoms with van der Waals surface area (Å²) < 4.78 is 12.3. The van der Waals surface area contributed by atoms with Crippen molar-refractivity contribution in [2.75, 3.05) is 13.2 Å². The first-order chi connectivity index (χ1) is 14.4. The lowest BCUT2D eigenvalue weighted by Crippen LogP contribution is -2.19. The van der Waals surface area contributed by atoms with Gasteiger partial charge in [-0.1, -0.05) is 41.9 Å². The Morgan fingerprint density at radius 2 is 2.10 bits per heavy atom. The monoisotopic (exact) mass is 574 g/mol. The molecule has 0 saturated carbocycles. The number of ether oxygens (including phenoxy) is 2. The third-order valence-corrected chi connectivity index (χ3v) is 6.30. The van der Waals surface area contributed by atoms with E-state index in [4.69, 9.17) is 32.7 Å². The fourth-order valence-corrected chi connectivity index (χ4v) is 4.49. The van der Waals surface area contributed by atoms with Gasteiger partial charge in [0.1, 0.15) is 6.61 Å². The molecule has 2 aromatic rings. The molecule has 0 unspecified atom stereocenters. The van der Waals surface area contributed by atoms with Crippen molar-refractivity contribution in [2.45, 2.75) is 6.92 Å². The predicted octanol–water partition coefficient (Wildman–Crippen LogP) is 6.45. The molecule has 1 fully saturated rings. The van der Waals surface area contributed by atoms with Crippen molar-refractivity contribution >= 4 is 80.4 Å². The molecule has 0 spiro atoms. The minimum Gasteiger partial charge on any atom is -0.490 e. The molecule has 1 N–H and O–H groups in total. The van der Waals surface area contributed by atoms with Crippen molar-refractivity contribution in [2.24, 2.45) is 4.99 Å². The molecule has 0 bridgehead atoms. The third kappa shape index (κ3) is 5.51. The number of hydrogen-bond donors (Lipinski definition) is 1. The number of benzene rings is 2. The van der Waals surface area contributed by atoms with Gasteiger partial charge in [-0.2, -0.15) is 0 Å². The molecule has 2 aromatic carbocycles. The summed E-state index contributed by atoms with van der Waals surface area (Å²) in [6, 6.07) is 8.92. The zero-order valence-electron chi connectivity index (χ0n) is 15.9. The van der Waals surface area contributed by atoms with Crippen LogP contribution in [0.5, 0.6) is 11.5 Å². The number of rotatable bonds is 7. The molecule has 1 saturated heterocycles. The molecule has 5 nitrogen and oxygen atoms in total. The smallest absolute Gasteiger partial charge is 0.264 e. The SMILES string of the molecule is C=CCOc1c(I)cc(/C=C2/SC(=Nc3cccc(Cl)c3Cl)NC2=O)cc1OCC. The summed E-state index contributed by atoms with van der Waals surface area (Å²) in [6.07, 6.45) is 3.46. The van der Waals surface area contributed by atoms with Crippen LogP contribution in [0.25, 0.3) is 6.08 Å². The molecule has 0 aliphatic carbocycles. The Bertz CT molecular complexity index is 1060. The van der Waals surface area contributed by atoms with Gasteiger partial charge in [0.25, 0.3) is 5.91 Å². The third-order valence-electron chi connectivity index (χ3n) is 3.78. The molecule has 9 heteroatoms. The molecule has 1 aliphatic rings. The number of carbonyl (C=O) groups is 1. The fraction of sp³-hybridized carbons (Fsp3) is 0.143. The van der Waals surface area contributed by atoms with E-state index < -0.39 is 0 Å². The van der Waals surface area contributed by atoms with E-state index in [1.54, 1.807) is 30.4 Å². The van der Waals surface area contributed by atoms with E-state index in [-0.39, 0.29) is 5.91 Å². The summed E-state index contributed by atoms with van der Waals surface area (Å²) in [5.41, 5.74) is 1.30. The lowest BCUT2D eigenvalue weighted by atomic mass is 10.2. The maximum atomic E-state index is 12.4. The number of amidine groups is 1. The van der Waals surface area contributed by atoms with Crippen LogP contribution >= 0.6 is 57.6 Å². The molecule has 3 rings (SSSR count). The molecule has 156 valence electrons. The van der Waals surface area contributed by atoms with E-state index in [9.17, 15) is 4.79 Å². The highest BCUT2D eigenvalue weighted by molar-refractivity contribution is 14.1. The largest absolute Gasteiger partial charge is 0.490 e. The highest BCUT2D eigenvalue weighted by atomic mass is 127. The Kier molecular flexibility index (Phi) is 8.10. The van der Waals surface area contributed by atoms with Gasteiger partial charge in [0.15, 0.2) is 16.7 Å². The number of halogens is 3. The van der Waals surface area contributed by atoms with Crippen molar-refractivity contribution in [3.05, 3.63) is 67.1 Å². The summed E-state index contributed by atoms with van der Waals surface area (Å²) in [4.78, 5) is 17.3. The van der Waals surface area contributed by atoms with Crippen molar-refractivity contribution in [1.82, 2.24) is 5.32 Å². The van der Waals surface area contributed by atoms with Crippen LogP contribution in [0.15, 0.2) is 52.9 Å². The van der Waals surface area contributed by atoms with Crippen LogP contribution in [0.3, 0.4) is 0 Å². The first-order valence-electron chi connectivity index (χ1n) is 8.86. The number of nitrogens with zero attached hydrogens (tertiary/aromatic N) is 1. The Morgan fingerprint density at radius 1 is 1.30 bits per heavy atom. The van der Waals surface area contributed by atoms with Gasteiger partial charge in [0.05, 0.1) is 30.8 Å². The van der Waals surface area contributed by atoms with Crippen LogP contribution in [-0.4, -0.2) is 24.3 Å². The molecule has 0 radical (unpaired) electrons. The van der Waals surface area contributed by atoms with Crippen LogP contribution in [0.2, 0.25) is 10.0 Å². The Morgan fingerprint density at radius 3 is 2.83 bits per heavy atom. The van der Waals surface area contributed by atoms with Gasteiger partial charge in [-0.3, -0.25) is 4.79 Å². The van der Waals surface area contributed by atoms with Crippen molar-refractivity contribution in [3.8, 4) is 11.5 Å². The molecular formula is C21H17Cl2IN2O3S. The minimum absolute atomic E-state index is 0.239. The summed E-state index contributed by atoms with van der Waals surface area (Å²) >= 11 is 15.6. The van der Waals surface area contributed by atoms with Gasteiger partial charge in [0.2, 0.25) is 0 Å². The van der Waals surface area contributed by atoms with Crippen molar-refractivity contribution < 1.29 is 14.3 Å². The van der Waals surface area contributed by atoms with Gasteiger partial charge in [0, 0.05) is 0 Å². The first-order valence-corrected chi connectivity index (χ1v) is 11.5. The summed E-state index contributed by atoms with van der Waals surface area (Å²) in [6.45, 7) is 6.44. The predicted molar refractivity (Wildman–Crippen MR) is 133 cm³/mol. The van der Waals surface area contributed by atoms with E-state index in [1.807, 2.05) is 19.1 Å². The summed E-state index contributed by atoms with van der Waals surface area (Å²) in [5, 5.41) is 3.92. The highest BCUT2D eigenvalue weighted by Gasteiger charge is 2.24. The zero-order chi connectivity index (χ0) is 21.7. The quantitative estimate of drug-likeness (QED) is 0.234. The topological polar surface area (TPSA) is 59.9 Å². The second-order valence-electron chi connectivity index (χ2n) is 5.92. The Labute approximate surface area is 202 Å². The van der Waals surface area contributed by atoms with E-state index >= 15 is 0 Å². The molecule has 30 heavy (non-hydrogen) atoms. The van der Waals surface area contributed by atoms with Crippen molar-refractivity contribution in [3.63, 3.8) is 0 Å². The Balaban J connectivity index is 1.89. The van der Waals surface area contributed by atoms with Gasteiger partial charge < -0.3 is 14.8 Å². The highest BCUT2D eigenvalue weighted by Crippen LogP contribution is 2.37. The van der Waals surface area contributed by atoms with E-state index in [2.05, 4.69) is 39.5 Å². The van der Waals surface area contributed by atoms with Crippen LogP contribution < -0.4 is 14.8 Å². The average Bonchev–Trinajstić information content (AvgIpc) is 3.04. The summed E-state index contributed by atoms with van der Waals surface area (Å²) in [5.74, 6) is 1.03. The second-order valence-corrected chi connectivity index (χ2v) is 8.90. The number of carbonyl (C=O) groups excluding carboxylic acids is 1. The fourth-order valence-electron chi connectivity index (χ4n) is 2.54. The maximum absolute atomic E-state index is 12.4. The van der Waals surface area contributed by atoms with Crippen LogP contribution in [0, 0.1) is 3.57 Å². The Hall–Kier alpha value is -1.68. The van der Waals surface area contributed by atoms with Crippen LogP contribution in [0.4, 0.5) is 5.69 Å². The maximum Gasteiger partial charge on any atom is 0.264 e. The average molecular weight is 575 g/mol. The second kappa shape index (κ2) is 10.6. The van der Waals surface area contributed by atoms with Gasteiger partial charge in [-0.15, -0.1) is 0 Å². The van der Waals surface area contributed by atoms with Crippen LogP contribution in [0.1, 0.15) is 12.5 Å². The van der Waals surface area contributed by atoms with Gasteiger partial charge in [-0.05, 0) is 77.2 Å². The standard InChI is InChI=1S/C21H17Cl2IN2O3S/c1-3-8-29-19-14(24)9-12(10-16(19)28-4-2)11-17-20(27)26-21(30-17)25-15-7-5-6-13(22)18(15)23/h3,5-7,9-11H,1,4,8H2,2H3,(H,25,26,27)/b17-11+. The molecule has 0 aromatic heterocycles. The lowest BCUT2D eigenvalue weighted by Gasteiger charge is -2.13. The summed E-state index contributed by atoms with van der Waals surface area (Å²) in [7, 11) is 0. The normalized spacial score (nSPS) is 16.1. The lowest BCUT2D eigenvalue weighted by molar-refractivity contribution is -0.115. The van der Waals surface area contributed by atoms with E-state index in [1.165, 1.54) is 11.8 Å². The van der Waals surface area contributed by atoms with Crippen LogP contribution in [-0.2, 0) is 4.79 Å². The molecule has 0 atom stereocenters. The number of thioether (sulfide) groups is 1. The van der Waals surface area contributed by atoms with Crippen molar-refractivity contribution in [1.29, 1.82) is 0 Å². The molecular weight excluding hydrogens is 558 g/mol. The van der Waals surface area contributed by atoms with E-state index in [0.29, 0.717) is 50.5 Å². The number of aliphatic imine (C=N–C) groups is 1. The minimum atomic E-state index is -0.239.